The van der Waals surface area contributed by atoms with E-state index in [9.17, 15) is 17.6 Å². The molecule has 0 bridgehead atoms. The van der Waals surface area contributed by atoms with Crippen LogP contribution in [0.15, 0.2) is 47.4 Å². The second-order valence-corrected chi connectivity index (χ2v) is 7.44. The first-order chi connectivity index (χ1) is 12.8. The normalized spacial score (nSPS) is 11.3. The maximum atomic E-state index is 13.0. The number of hydrogen-bond donors (Lipinski definition) is 1. The largest absolute Gasteiger partial charge is 0.497 e. The predicted octanol–water partition coefficient (Wildman–Crippen LogP) is 2.49. The van der Waals surface area contributed by atoms with E-state index in [1.54, 1.807) is 25.1 Å². The highest BCUT2D eigenvalue weighted by Crippen LogP contribution is 2.29. The van der Waals surface area contributed by atoms with Gasteiger partial charge in [-0.2, -0.15) is 4.31 Å². The molecule has 0 spiro atoms. The van der Waals surface area contributed by atoms with Gasteiger partial charge < -0.3 is 14.8 Å². The Morgan fingerprint density at radius 3 is 2.33 bits per heavy atom. The second kappa shape index (κ2) is 8.83. The predicted molar refractivity (Wildman–Crippen MR) is 99.0 cm³/mol. The first-order valence-corrected chi connectivity index (χ1v) is 9.53. The highest BCUT2D eigenvalue weighted by Gasteiger charge is 2.25. The number of amides is 1. The van der Waals surface area contributed by atoms with Crippen LogP contribution in [0, 0.1) is 5.82 Å². The molecule has 2 aromatic carbocycles. The van der Waals surface area contributed by atoms with E-state index in [0.717, 1.165) is 28.6 Å². The zero-order valence-corrected chi connectivity index (χ0v) is 16.0. The van der Waals surface area contributed by atoms with Gasteiger partial charge in [-0.25, -0.2) is 12.8 Å². The third kappa shape index (κ3) is 4.95. The fourth-order valence-corrected chi connectivity index (χ4v) is 3.78. The Bertz CT molecular complexity index is 900. The number of halogens is 1. The molecule has 0 radical (unpaired) electrons. The smallest absolute Gasteiger partial charge is 0.243 e. The van der Waals surface area contributed by atoms with Crippen molar-refractivity contribution in [1.82, 2.24) is 4.31 Å². The molecule has 0 unspecified atom stereocenters. The van der Waals surface area contributed by atoms with Crippen molar-refractivity contribution in [2.45, 2.75) is 11.8 Å². The topological polar surface area (TPSA) is 84.9 Å². The van der Waals surface area contributed by atoms with Crippen molar-refractivity contribution in [3.05, 3.63) is 48.3 Å². The standard InChI is InChI=1S/C18H21FN2O5S/c1-4-21(27(23,24)15-8-5-13(19)6-9-15)12-18(22)20-16-10-7-14(25-2)11-17(16)26-3/h5-11H,4,12H2,1-3H3,(H,20,22). The lowest BCUT2D eigenvalue weighted by Gasteiger charge is -2.20. The molecule has 2 rings (SSSR count). The molecule has 0 aliphatic heterocycles. The lowest BCUT2D eigenvalue weighted by molar-refractivity contribution is -0.116. The van der Waals surface area contributed by atoms with Crippen LogP contribution >= 0.6 is 0 Å². The van der Waals surface area contributed by atoms with Crippen molar-refractivity contribution in [3.63, 3.8) is 0 Å². The van der Waals surface area contributed by atoms with Crippen LogP contribution in [0.25, 0.3) is 0 Å². The number of benzene rings is 2. The molecule has 9 heteroatoms. The Morgan fingerprint density at radius 1 is 1.11 bits per heavy atom. The summed E-state index contributed by atoms with van der Waals surface area (Å²) in [5.41, 5.74) is 0.388. The van der Waals surface area contributed by atoms with E-state index in [1.165, 1.54) is 14.2 Å². The van der Waals surface area contributed by atoms with Crippen molar-refractivity contribution >= 4 is 21.6 Å². The molecular weight excluding hydrogens is 375 g/mol. The minimum atomic E-state index is -3.93. The van der Waals surface area contributed by atoms with Gasteiger partial charge in [0, 0.05) is 12.6 Å². The highest BCUT2D eigenvalue weighted by atomic mass is 32.2. The number of nitrogens with one attached hydrogen (secondary N) is 1. The van der Waals surface area contributed by atoms with Gasteiger partial charge in [0.05, 0.1) is 31.3 Å². The summed E-state index contributed by atoms with van der Waals surface area (Å²) in [5, 5.41) is 2.62. The highest BCUT2D eigenvalue weighted by molar-refractivity contribution is 7.89. The number of sulfonamides is 1. The average molecular weight is 396 g/mol. The van der Waals surface area contributed by atoms with E-state index in [2.05, 4.69) is 5.32 Å². The lowest BCUT2D eigenvalue weighted by Crippen LogP contribution is -2.37. The van der Waals surface area contributed by atoms with Gasteiger partial charge in [0.2, 0.25) is 15.9 Å². The van der Waals surface area contributed by atoms with Gasteiger partial charge in [-0.15, -0.1) is 0 Å². The number of nitrogens with zero attached hydrogens (tertiary/aromatic N) is 1. The summed E-state index contributed by atoms with van der Waals surface area (Å²) in [7, 11) is -0.974. The van der Waals surface area contributed by atoms with Crippen LogP contribution in [0.1, 0.15) is 6.92 Å². The second-order valence-electron chi connectivity index (χ2n) is 5.50. The maximum Gasteiger partial charge on any atom is 0.243 e. The average Bonchev–Trinajstić information content (AvgIpc) is 2.66. The minimum absolute atomic E-state index is 0.0763. The van der Waals surface area contributed by atoms with E-state index >= 15 is 0 Å². The zero-order chi connectivity index (χ0) is 20.0. The number of ether oxygens (including phenoxy) is 2. The molecular formula is C18H21FN2O5S. The van der Waals surface area contributed by atoms with Crippen LogP contribution in [-0.2, 0) is 14.8 Å². The Labute approximate surface area is 157 Å². The van der Waals surface area contributed by atoms with Gasteiger partial charge in [0.25, 0.3) is 0 Å². The van der Waals surface area contributed by atoms with Crippen molar-refractivity contribution in [2.24, 2.45) is 0 Å². The summed E-state index contributed by atoms with van der Waals surface area (Å²) in [6.07, 6.45) is 0. The fraction of sp³-hybridized carbons (Fsp3) is 0.278. The molecule has 1 N–H and O–H groups in total. The number of methoxy groups -OCH3 is 2. The summed E-state index contributed by atoms with van der Waals surface area (Å²) >= 11 is 0. The van der Waals surface area contributed by atoms with Crippen molar-refractivity contribution in [2.75, 3.05) is 32.6 Å². The Balaban J connectivity index is 2.16. The molecule has 146 valence electrons. The van der Waals surface area contributed by atoms with Gasteiger partial charge in [-0.1, -0.05) is 6.92 Å². The van der Waals surface area contributed by atoms with E-state index in [-0.39, 0.29) is 11.4 Å². The molecule has 7 nitrogen and oxygen atoms in total. The minimum Gasteiger partial charge on any atom is -0.497 e. The summed E-state index contributed by atoms with van der Waals surface area (Å²) in [5.74, 6) is -0.140. The lowest BCUT2D eigenvalue weighted by atomic mass is 10.2. The third-order valence-electron chi connectivity index (χ3n) is 3.81. The van der Waals surface area contributed by atoms with Gasteiger partial charge in [0.1, 0.15) is 17.3 Å². The van der Waals surface area contributed by atoms with Crippen molar-refractivity contribution in [1.29, 1.82) is 0 Å². The SMILES string of the molecule is CCN(CC(=O)Nc1ccc(OC)cc1OC)S(=O)(=O)c1ccc(F)cc1. The molecule has 0 aliphatic carbocycles. The molecule has 0 aliphatic rings. The van der Waals surface area contributed by atoms with E-state index in [4.69, 9.17) is 9.47 Å². The first-order valence-electron chi connectivity index (χ1n) is 8.09. The number of hydrogen-bond acceptors (Lipinski definition) is 5. The summed E-state index contributed by atoms with van der Waals surface area (Å²) in [6, 6.07) is 9.29. The Morgan fingerprint density at radius 2 is 1.78 bits per heavy atom. The quantitative estimate of drug-likeness (QED) is 0.741. The number of anilines is 1. The maximum absolute atomic E-state index is 13.0. The Hall–Kier alpha value is -2.65. The van der Waals surface area contributed by atoms with Gasteiger partial charge >= 0.3 is 0 Å². The van der Waals surface area contributed by atoms with Crippen LogP contribution in [0.3, 0.4) is 0 Å². The molecule has 0 saturated heterocycles. The molecule has 1 amide bonds. The number of carbonyl (C=O) groups is 1. The van der Waals surface area contributed by atoms with Crippen LogP contribution < -0.4 is 14.8 Å². The molecule has 0 heterocycles. The van der Waals surface area contributed by atoms with Crippen LogP contribution in [0.5, 0.6) is 11.5 Å². The molecule has 2 aromatic rings. The number of rotatable bonds is 8. The summed E-state index contributed by atoms with van der Waals surface area (Å²) in [6.45, 7) is 1.29. The van der Waals surface area contributed by atoms with Gasteiger partial charge in [-0.3, -0.25) is 4.79 Å². The molecule has 0 fully saturated rings. The third-order valence-corrected chi connectivity index (χ3v) is 5.74. The molecule has 0 saturated carbocycles. The van der Waals surface area contributed by atoms with Gasteiger partial charge in [0.15, 0.2) is 0 Å². The fourth-order valence-electron chi connectivity index (χ4n) is 2.37. The molecule has 27 heavy (non-hydrogen) atoms. The number of carbonyl (C=O) groups excluding carboxylic acids is 1. The zero-order valence-electron chi connectivity index (χ0n) is 15.2. The van der Waals surface area contributed by atoms with Crippen molar-refractivity contribution < 1.29 is 27.1 Å². The van der Waals surface area contributed by atoms with E-state index in [0.29, 0.717) is 17.2 Å². The van der Waals surface area contributed by atoms with Crippen LogP contribution in [0.4, 0.5) is 10.1 Å². The van der Waals surface area contributed by atoms with Crippen LogP contribution in [0.2, 0.25) is 0 Å². The Kier molecular flexibility index (Phi) is 6.75. The summed E-state index contributed by atoms with van der Waals surface area (Å²) < 4.78 is 49.7. The number of likely N-dealkylation sites (N-methyl/N-ethyl adjacent to an activating group) is 1. The van der Waals surface area contributed by atoms with Crippen molar-refractivity contribution in [3.8, 4) is 11.5 Å². The monoisotopic (exact) mass is 396 g/mol. The van der Waals surface area contributed by atoms with E-state index in [1.807, 2.05) is 0 Å². The first kappa shape index (κ1) is 20.7. The van der Waals surface area contributed by atoms with E-state index < -0.39 is 28.3 Å². The van der Waals surface area contributed by atoms with Crippen LogP contribution in [-0.4, -0.2) is 45.9 Å². The molecule has 0 aromatic heterocycles. The summed E-state index contributed by atoms with van der Waals surface area (Å²) in [4.78, 5) is 12.3. The van der Waals surface area contributed by atoms with Gasteiger partial charge in [-0.05, 0) is 36.4 Å². The molecule has 0 atom stereocenters.